The molecule has 2 aliphatic heterocycles. The maximum Gasteiger partial charge on any atom is 0.186 e. The molecule has 4 bridgehead atoms. The fourth-order valence-electron chi connectivity index (χ4n) is 16.8. The van der Waals surface area contributed by atoms with Crippen LogP contribution >= 0.6 is 0 Å². The molecule has 13 N–H and O–H groups in total. The summed E-state index contributed by atoms with van der Waals surface area (Å²) in [5, 5.41) is 117. The van der Waals surface area contributed by atoms with Gasteiger partial charge in [-0.3, -0.25) is 4.79 Å². The van der Waals surface area contributed by atoms with E-state index in [1.807, 2.05) is 12.2 Å². The van der Waals surface area contributed by atoms with Crippen LogP contribution in [-0.4, -0.2) is 131 Å². The molecule has 1 saturated heterocycles. The summed E-state index contributed by atoms with van der Waals surface area (Å²) < 4.78 is 6.99. The van der Waals surface area contributed by atoms with E-state index in [2.05, 4.69) is 29.4 Å². The van der Waals surface area contributed by atoms with Crippen molar-refractivity contribution in [3.63, 3.8) is 0 Å². The molecule has 2 spiro atoms. The van der Waals surface area contributed by atoms with Gasteiger partial charge in [-0.15, -0.1) is 11.8 Å². The lowest BCUT2D eigenvalue weighted by Gasteiger charge is -2.68. The summed E-state index contributed by atoms with van der Waals surface area (Å²) >= 11 is 0. The van der Waals surface area contributed by atoms with Crippen molar-refractivity contribution in [3.05, 3.63) is 34.7 Å². The molecule has 374 valence electrons. The highest BCUT2D eigenvalue weighted by Gasteiger charge is 2.79. The van der Waals surface area contributed by atoms with Crippen LogP contribution in [-0.2, 0) is 9.53 Å². The summed E-state index contributed by atoms with van der Waals surface area (Å²) in [6.07, 6.45) is 5.85. The lowest BCUT2D eigenvalue weighted by Crippen LogP contribution is -2.73. The van der Waals surface area contributed by atoms with Crippen LogP contribution in [0.2, 0.25) is 0 Å². The minimum atomic E-state index is -1.94. The molecular weight excluding hydrogens is 855 g/mol. The summed E-state index contributed by atoms with van der Waals surface area (Å²) in [4.78, 5) is 16.0. The van der Waals surface area contributed by atoms with Crippen molar-refractivity contribution in [2.45, 2.75) is 215 Å². The van der Waals surface area contributed by atoms with Crippen molar-refractivity contribution >= 4 is 5.78 Å². The number of dihydropyridines is 1. The van der Waals surface area contributed by atoms with Crippen LogP contribution in [0, 0.1) is 57.7 Å². The molecule has 0 aromatic carbocycles. The highest BCUT2D eigenvalue weighted by Crippen LogP contribution is 2.75. The lowest BCUT2D eigenvalue weighted by atomic mass is 9.37. The molecule has 10 rings (SSSR count). The largest absolute Gasteiger partial charge is 0.396 e. The van der Waals surface area contributed by atoms with E-state index < -0.39 is 93.6 Å². The molecule has 0 amide bonds. The Kier molecular flexibility index (Phi) is 13.6. The van der Waals surface area contributed by atoms with Gasteiger partial charge < -0.3 is 67.1 Å². The zero-order valence-corrected chi connectivity index (χ0v) is 40.1. The average Bonchev–Trinajstić information content (AvgIpc) is 3.68. The number of carbonyl (C=O) groups excluding carboxylic acids is 1. The minimum absolute atomic E-state index is 0.00176. The van der Waals surface area contributed by atoms with Gasteiger partial charge >= 0.3 is 0 Å². The van der Waals surface area contributed by atoms with E-state index in [4.69, 9.17) is 10.5 Å². The number of nitrogens with two attached hydrogens (primary N) is 1. The van der Waals surface area contributed by atoms with Crippen molar-refractivity contribution in [2.24, 2.45) is 51.6 Å². The molecule has 0 radical (unpaired) electrons. The smallest absolute Gasteiger partial charge is 0.186 e. The van der Waals surface area contributed by atoms with Crippen LogP contribution in [0.3, 0.4) is 0 Å². The first-order chi connectivity index (χ1) is 31.8. The fraction of sp³-hybridized carbons (Fsp3) is 0.830. The lowest BCUT2D eigenvalue weighted by molar-refractivity contribution is -0.262. The number of rotatable bonds is 13. The quantitative estimate of drug-likeness (QED) is 0.119. The van der Waals surface area contributed by atoms with Gasteiger partial charge in [0.15, 0.2) is 5.78 Å². The number of ether oxygens (including phenoxy) is 1. The van der Waals surface area contributed by atoms with Crippen molar-refractivity contribution in [3.8, 4) is 11.8 Å². The Morgan fingerprint density at radius 1 is 0.970 bits per heavy atom. The Balaban J connectivity index is 1.17. The third-order valence-corrected chi connectivity index (χ3v) is 19.8. The van der Waals surface area contributed by atoms with Gasteiger partial charge in [-0.25, -0.2) is 0 Å². The SMILES string of the molecule is CCCC1CCC2OC3C(C(O)CCCC3(O)C(C)(O)C3CCC4(O)C5=C(NCC(C)O)C(=O)C67CC#CCC34CC(O)C5C6(CCC3=C(CCCO)NC(N)C=C3)CC(O)C(O)C7)C2CC1. The first-order valence-electron chi connectivity index (χ1n) is 26.1. The summed E-state index contributed by atoms with van der Waals surface area (Å²) in [5.41, 5.74) is -1.25. The maximum absolute atomic E-state index is 16.0. The Morgan fingerprint density at radius 3 is 2.46 bits per heavy atom. The Labute approximate surface area is 396 Å². The molecule has 6 fully saturated rings. The standard InChI is InChI=1S/C53H81N3O11/c1-4-9-31-12-15-33-39(16-13-31)67-47-42(33)35(59)11-7-22-53(47,66)48(3,64)40-19-24-52(65)44-43-38(62)28-49(40,52)20-5-6-21-51(46(63)45(44)55-29-30(2)58)27-37(61)36(60)26-50(43,51)23-18-32-14-17-41(54)56-34(32)10-8-25-57/h14,17,30-31,33,35-43,47,55-62,64-66H,4,7-13,15-16,18-29,54H2,1-3H3. The zero-order chi connectivity index (χ0) is 47.9. The molecule has 67 heavy (non-hydrogen) atoms. The van der Waals surface area contributed by atoms with E-state index in [1.165, 1.54) is 0 Å². The highest BCUT2D eigenvalue weighted by molar-refractivity contribution is 6.03. The number of aliphatic hydroxyl groups is 9. The second-order valence-corrected chi connectivity index (χ2v) is 23.2. The van der Waals surface area contributed by atoms with Crippen LogP contribution in [0.15, 0.2) is 34.7 Å². The fourth-order valence-corrected chi connectivity index (χ4v) is 16.8. The summed E-state index contributed by atoms with van der Waals surface area (Å²) in [6.45, 7) is 5.40. The molecule has 14 heteroatoms. The molecule has 14 nitrogen and oxygen atoms in total. The molecule has 10 aliphatic rings. The van der Waals surface area contributed by atoms with E-state index in [9.17, 15) is 46.0 Å². The number of nitrogens with one attached hydrogen (secondary N) is 2. The highest BCUT2D eigenvalue weighted by atomic mass is 16.5. The Bertz CT molecular complexity index is 2050. The Hall–Kier alpha value is -2.39. The average molecular weight is 936 g/mol. The first-order valence-corrected chi connectivity index (χ1v) is 26.1. The number of allylic oxidation sites excluding steroid dienone is 4. The Morgan fingerprint density at radius 2 is 1.72 bits per heavy atom. The molecule has 19 atom stereocenters. The summed E-state index contributed by atoms with van der Waals surface area (Å²) in [6, 6.07) is 0. The van der Waals surface area contributed by atoms with E-state index >= 15 is 4.79 Å². The molecule has 5 saturated carbocycles. The summed E-state index contributed by atoms with van der Waals surface area (Å²) in [7, 11) is 0. The molecule has 19 unspecified atom stereocenters. The zero-order valence-electron chi connectivity index (χ0n) is 40.1. The van der Waals surface area contributed by atoms with E-state index in [1.54, 1.807) is 13.8 Å². The number of hydrogen-bond donors (Lipinski definition) is 12. The van der Waals surface area contributed by atoms with Gasteiger partial charge in [-0.1, -0.05) is 32.3 Å². The van der Waals surface area contributed by atoms with Gasteiger partial charge in [-0.2, -0.15) is 0 Å². The second-order valence-electron chi connectivity index (χ2n) is 23.2. The first kappa shape index (κ1) is 49.6. The van der Waals surface area contributed by atoms with Crippen LogP contribution in [0.25, 0.3) is 0 Å². The van der Waals surface area contributed by atoms with Crippen molar-refractivity contribution < 1.29 is 55.5 Å². The van der Waals surface area contributed by atoms with Crippen LogP contribution < -0.4 is 16.4 Å². The van der Waals surface area contributed by atoms with Crippen LogP contribution in [0.1, 0.15) is 149 Å². The number of aliphatic hydroxyl groups excluding tert-OH is 6. The molecule has 2 heterocycles. The molecule has 8 aliphatic carbocycles. The molecular formula is C53H81N3O11. The van der Waals surface area contributed by atoms with Crippen LogP contribution in [0.5, 0.6) is 0 Å². The minimum Gasteiger partial charge on any atom is -0.396 e. The molecule has 0 aromatic heterocycles. The third kappa shape index (κ3) is 7.57. The number of hydrogen-bond acceptors (Lipinski definition) is 14. The molecule has 0 aromatic rings. The van der Waals surface area contributed by atoms with Gasteiger partial charge in [-0.05, 0) is 145 Å². The van der Waals surface area contributed by atoms with E-state index in [0.29, 0.717) is 43.6 Å². The van der Waals surface area contributed by atoms with Crippen molar-refractivity contribution in [2.75, 3.05) is 13.2 Å². The second kappa shape index (κ2) is 18.3. The van der Waals surface area contributed by atoms with Gasteiger partial charge in [0.05, 0.1) is 71.2 Å². The van der Waals surface area contributed by atoms with Gasteiger partial charge in [0.25, 0.3) is 0 Å². The van der Waals surface area contributed by atoms with Gasteiger partial charge in [0.2, 0.25) is 0 Å². The number of carbonyl (C=O) groups is 1. The summed E-state index contributed by atoms with van der Waals surface area (Å²) in [5.74, 6) is 4.81. The predicted octanol–water partition coefficient (Wildman–Crippen LogP) is 2.86. The normalized spacial score (nSPS) is 47.1. The van der Waals surface area contributed by atoms with E-state index in [-0.39, 0.29) is 94.4 Å². The van der Waals surface area contributed by atoms with Crippen LogP contribution in [0.4, 0.5) is 0 Å². The predicted molar refractivity (Wildman–Crippen MR) is 250 cm³/mol. The van der Waals surface area contributed by atoms with Crippen molar-refractivity contribution in [1.82, 2.24) is 10.6 Å². The topological polar surface area (TPSA) is 258 Å². The number of Topliss-reactive ketones (excluding diaryl/α,β-unsaturated/α-hetero) is 1. The van der Waals surface area contributed by atoms with Gasteiger partial charge in [0.1, 0.15) is 5.60 Å². The number of fused-ring (bicyclic) bond motifs is 7. The third-order valence-electron chi connectivity index (χ3n) is 19.8. The number of ketones is 1. The monoisotopic (exact) mass is 936 g/mol. The maximum atomic E-state index is 16.0. The van der Waals surface area contributed by atoms with Gasteiger partial charge in [0, 0.05) is 54.9 Å². The van der Waals surface area contributed by atoms with Crippen molar-refractivity contribution in [1.29, 1.82) is 0 Å². The van der Waals surface area contributed by atoms with E-state index in [0.717, 1.165) is 49.8 Å².